The molecule has 0 saturated carbocycles. The molecule has 0 aliphatic carbocycles. The zero-order chi connectivity index (χ0) is 17.7. The molecule has 6 heteroatoms. The van der Waals surface area contributed by atoms with Crippen molar-refractivity contribution in [3.05, 3.63) is 40.7 Å². The minimum Gasteiger partial charge on any atom is -0.444 e. The van der Waals surface area contributed by atoms with Gasteiger partial charge in [-0.2, -0.15) is 0 Å². The van der Waals surface area contributed by atoms with E-state index in [1.807, 2.05) is 35.7 Å². The van der Waals surface area contributed by atoms with E-state index in [1.165, 1.54) is 11.3 Å². The summed E-state index contributed by atoms with van der Waals surface area (Å²) in [7, 11) is 0. The molecule has 1 amide bonds. The highest BCUT2D eigenvalue weighted by molar-refractivity contribution is 7.10. The molecule has 0 bridgehead atoms. The largest absolute Gasteiger partial charge is 0.444 e. The third-order valence-corrected chi connectivity index (χ3v) is 4.01. The van der Waals surface area contributed by atoms with Crippen molar-refractivity contribution in [1.29, 1.82) is 0 Å². The molecular formula is C18H22N2O3S. The SMILES string of the molecule is C[C@H](NC(=O)OC(C)(C)C)C(=O)Cc1nc(-c2ccccc2)cs1. The first kappa shape index (κ1) is 18.1. The summed E-state index contributed by atoms with van der Waals surface area (Å²) in [6.45, 7) is 6.98. The summed E-state index contributed by atoms with van der Waals surface area (Å²) in [6, 6.07) is 9.19. The minimum absolute atomic E-state index is 0.102. The van der Waals surface area contributed by atoms with Gasteiger partial charge in [0, 0.05) is 10.9 Å². The Morgan fingerprint density at radius 1 is 1.25 bits per heavy atom. The average molecular weight is 346 g/mol. The first-order valence-electron chi connectivity index (χ1n) is 7.76. The van der Waals surface area contributed by atoms with E-state index in [-0.39, 0.29) is 12.2 Å². The topological polar surface area (TPSA) is 68.3 Å². The fourth-order valence-corrected chi connectivity index (χ4v) is 2.81. The summed E-state index contributed by atoms with van der Waals surface area (Å²) in [5, 5.41) is 5.23. The van der Waals surface area contributed by atoms with Crippen molar-refractivity contribution in [2.45, 2.75) is 45.8 Å². The van der Waals surface area contributed by atoms with Crippen LogP contribution in [0.15, 0.2) is 35.7 Å². The lowest BCUT2D eigenvalue weighted by Crippen LogP contribution is -2.42. The Kier molecular flexibility index (Phi) is 5.72. The lowest BCUT2D eigenvalue weighted by atomic mass is 10.1. The van der Waals surface area contributed by atoms with Gasteiger partial charge in [-0.15, -0.1) is 11.3 Å². The highest BCUT2D eigenvalue weighted by Crippen LogP contribution is 2.22. The first-order valence-corrected chi connectivity index (χ1v) is 8.64. The summed E-state index contributed by atoms with van der Waals surface area (Å²) in [5.74, 6) is -0.102. The summed E-state index contributed by atoms with van der Waals surface area (Å²) in [6.07, 6.45) is -0.401. The van der Waals surface area contributed by atoms with E-state index >= 15 is 0 Å². The van der Waals surface area contributed by atoms with E-state index in [0.29, 0.717) is 0 Å². The van der Waals surface area contributed by atoms with Crippen LogP contribution in [0.5, 0.6) is 0 Å². The second kappa shape index (κ2) is 7.57. The lowest BCUT2D eigenvalue weighted by molar-refractivity contribution is -0.120. The summed E-state index contributed by atoms with van der Waals surface area (Å²) in [5.41, 5.74) is 1.29. The third kappa shape index (κ3) is 5.45. The highest BCUT2D eigenvalue weighted by atomic mass is 32.1. The van der Waals surface area contributed by atoms with Gasteiger partial charge in [0.2, 0.25) is 0 Å². The number of alkyl carbamates (subject to hydrolysis) is 1. The number of rotatable bonds is 5. The molecule has 0 radical (unpaired) electrons. The Hall–Kier alpha value is -2.21. The van der Waals surface area contributed by atoms with Gasteiger partial charge in [0.05, 0.1) is 18.2 Å². The predicted octanol–water partition coefficient (Wildman–Crippen LogP) is 3.83. The zero-order valence-corrected chi connectivity index (χ0v) is 15.1. The maximum Gasteiger partial charge on any atom is 0.408 e. The molecule has 1 atom stereocenters. The van der Waals surface area contributed by atoms with E-state index < -0.39 is 17.7 Å². The van der Waals surface area contributed by atoms with Gasteiger partial charge in [0.15, 0.2) is 5.78 Å². The van der Waals surface area contributed by atoms with Crippen LogP contribution in [0.25, 0.3) is 11.3 Å². The maximum atomic E-state index is 12.3. The maximum absolute atomic E-state index is 12.3. The standard InChI is InChI=1S/C18H22N2O3S/c1-12(19-17(22)23-18(2,3)4)15(21)10-16-20-14(11-24-16)13-8-6-5-7-9-13/h5-9,11-12H,10H2,1-4H3,(H,19,22)/t12-/m0/s1. The molecule has 2 rings (SSSR count). The van der Waals surface area contributed by atoms with Crippen molar-refractivity contribution in [3.8, 4) is 11.3 Å². The Morgan fingerprint density at radius 2 is 1.92 bits per heavy atom. The van der Waals surface area contributed by atoms with Crippen molar-refractivity contribution in [2.24, 2.45) is 0 Å². The van der Waals surface area contributed by atoms with E-state index in [2.05, 4.69) is 10.3 Å². The number of carbonyl (C=O) groups excluding carboxylic acids is 2. The van der Waals surface area contributed by atoms with Crippen LogP contribution in [0, 0.1) is 0 Å². The Bertz CT molecular complexity index is 705. The summed E-state index contributed by atoms with van der Waals surface area (Å²) < 4.78 is 5.16. The van der Waals surface area contributed by atoms with Crippen molar-refractivity contribution in [2.75, 3.05) is 0 Å². The van der Waals surface area contributed by atoms with Gasteiger partial charge in [-0.25, -0.2) is 9.78 Å². The molecule has 0 aliphatic rings. The Balaban J connectivity index is 1.92. The van der Waals surface area contributed by atoms with E-state index in [1.54, 1.807) is 27.7 Å². The molecule has 0 spiro atoms. The third-order valence-electron chi connectivity index (χ3n) is 3.16. The second-order valence-electron chi connectivity index (χ2n) is 6.50. The molecule has 1 aromatic heterocycles. The van der Waals surface area contributed by atoms with Gasteiger partial charge in [-0.1, -0.05) is 30.3 Å². The van der Waals surface area contributed by atoms with Gasteiger partial charge >= 0.3 is 6.09 Å². The van der Waals surface area contributed by atoms with E-state index in [9.17, 15) is 9.59 Å². The van der Waals surface area contributed by atoms with Crippen LogP contribution in [-0.4, -0.2) is 28.5 Å². The van der Waals surface area contributed by atoms with Crippen molar-refractivity contribution in [1.82, 2.24) is 10.3 Å². The van der Waals surface area contributed by atoms with Crippen LogP contribution >= 0.6 is 11.3 Å². The van der Waals surface area contributed by atoms with Crippen molar-refractivity contribution < 1.29 is 14.3 Å². The first-order chi connectivity index (χ1) is 11.2. The minimum atomic E-state index is -0.621. The molecule has 5 nitrogen and oxygen atoms in total. The van der Waals surface area contributed by atoms with Crippen molar-refractivity contribution in [3.63, 3.8) is 0 Å². The molecule has 0 aliphatic heterocycles. The molecule has 0 unspecified atom stereocenters. The zero-order valence-electron chi connectivity index (χ0n) is 14.3. The fraction of sp³-hybridized carbons (Fsp3) is 0.389. The van der Waals surface area contributed by atoms with E-state index in [0.717, 1.165) is 16.3 Å². The normalized spacial score (nSPS) is 12.5. The molecule has 2 aromatic rings. The molecule has 0 fully saturated rings. The molecule has 0 saturated heterocycles. The number of hydrogen-bond acceptors (Lipinski definition) is 5. The molecule has 1 heterocycles. The van der Waals surface area contributed by atoms with Crippen LogP contribution in [-0.2, 0) is 16.0 Å². The number of amides is 1. The summed E-state index contributed by atoms with van der Waals surface area (Å²) in [4.78, 5) is 28.5. The predicted molar refractivity (Wildman–Crippen MR) is 95.1 cm³/mol. The van der Waals surface area contributed by atoms with Crippen molar-refractivity contribution >= 4 is 23.2 Å². The number of thiazole rings is 1. The fourth-order valence-electron chi connectivity index (χ4n) is 2.00. The average Bonchev–Trinajstić information content (AvgIpc) is 2.94. The number of ether oxygens (including phenoxy) is 1. The smallest absolute Gasteiger partial charge is 0.408 e. The number of hydrogen-bond donors (Lipinski definition) is 1. The number of benzene rings is 1. The van der Waals surface area contributed by atoms with Gasteiger partial charge in [-0.05, 0) is 27.7 Å². The van der Waals surface area contributed by atoms with Crippen LogP contribution in [0.2, 0.25) is 0 Å². The Labute approximate surface area is 146 Å². The number of aromatic nitrogens is 1. The quantitative estimate of drug-likeness (QED) is 0.893. The van der Waals surface area contributed by atoms with Crippen LogP contribution in [0.4, 0.5) is 4.79 Å². The number of ketones is 1. The van der Waals surface area contributed by atoms with Crippen LogP contribution in [0.1, 0.15) is 32.7 Å². The Morgan fingerprint density at radius 3 is 2.54 bits per heavy atom. The van der Waals surface area contributed by atoms with Crippen LogP contribution < -0.4 is 5.32 Å². The van der Waals surface area contributed by atoms with Gasteiger partial charge in [-0.3, -0.25) is 4.79 Å². The van der Waals surface area contributed by atoms with Gasteiger partial charge in [0.25, 0.3) is 0 Å². The molecular weight excluding hydrogens is 324 g/mol. The molecule has 1 N–H and O–H groups in total. The van der Waals surface area contributed by atoms with Gasteiger partial charge in [0.1, 0.15) is 10.6 Å². The van der Waals surface area contributed by atoms with Crippen LogP contribution in [0.3, 0.4) is 0 Å². The molecule has 128 valence electrons. The highest BCUT2D eigenvalue weighted by Gasteiger charge is 2.21. The molecule has 1 aromatic carbocycles. The number of carbonyl (C=O) groups is 2. The summed E-state index contributed by atoms with van der Waals surface area (Å²) >= 11 is 1.44. The number of nitrogens with zero attached hydrogens (tertiary/aromatic N) is 1. The number of Topliss-reactive ketones (excluding diaryl/α,β-unsaturated/α-hetero) is 1. The second-order valence-corrected chi connectivity index (χ2v) is 7.45. The lowest BCUT2D eigenvalue weighted by Gasteiger charge is -2.21. The monoisotopic (exact) mass is 346 g/mol. The molecule has 24 heavy (non-hydrogen) atoms. The van der Waals surface area contributed by atoms with E-state index in [4.69, 9.17) is 4.74 Å². The number of nitrogens with one attached hydrogen (secondary N) is 1. The van der Waals surface area contributed by atoms with Gasteiger partial charge < -0.3 is 10.1 Å².